The number of benzene rings is 4. The van der Waals surface area contributed by atoms with Gasteiger partial charge in [0, 0.05) is 16.8 Å². The standard InChI is InChI=1S/C26H20ClNO3/c1-17-6-12-21(27)14-24(17)28-15-23-22-5-3-2-4-19(22)11-13-25(23)31-16-18-7-9-20(10-8-18)26(29)30/h2-15H,16H2,1H3,(H,29,30). The number of fused-ring (bicyclic) bond motifs is 1. The fourth-order valence-electron chi connectivity index (χ4n) is 3.29. The molecule has 0 bridgehead atoms. The maximum atomic E-state index is 11.0. The van der Waals surface area contributed by atoms with Crippen molar-refractivity contribution in [3.63, 3.8) is 0 Å². The number of hydrogen-bond donors (Lipinski definition) is 1. The fraction of sp³-hybridized carbons (Fsp3) is 0.0769. The van der Waals surface area contributed by atoms with E-state index in [-0.39, 0.29) is 5.56 Å². The van der Waals surface area contributed by atoms with Crippen molar-refractivity contribution < 1.29 is 14.6 Å². The molecule has 0 saturated carbocycles. The minimum atomic E-state index is -0.947. The number of rotatable bonds is 6. The molecule has 0 unspecified atom stereocenters. The monoisotopic (exact) mass is 429 g/mol. The van der Waals surface area contributed by atoms with Crippen molar-refractivity contribution in [2.75, 3.05) is 0 Å². The summed E-state index contributed by atoms with van der Waals surface area (Å²) in [5.74, 6) is -0.249. The molecule has 154 valence electrons. The first-order chi connectivity index (χ1) is 15.0. The molecule has 4 aromatic rings. The molecular weight excluding hydrogens is 410 g/mol. The summed E-state index contributed by atoms with van der Waals surface area (Å²) >= 11 is 6.14. The number of halogens is 1. The van der Waals surface area contributed by atoms with Crippen LogP contribution >= 0.6 is 11.6 Å². The predicted octanol–water partition coefficient (Wildman–Crippen LogP) is 6.83. The van der Waals surface area contributed by atoms with Crippen LogP contribution in [0.1, 0.15) is 27.0 Å². The molecular formula is C26H20ClNO3. The van der Waals surface area contributed by atoms with Gasteiger partial charge < -0.3 is 9.84 Å². The minimum Gasteiger partial charge on any atom is -0.488 e. The van der Waals surface area contributed by atoms with E-state index in [1.165, 1.54) is 0 Å². The molecule has 0 amide bonds. The number of ether oxygens (including phenoxy) is 1. The number of aromatic carboxylic acids is 1. The number of aryl methyl sites for hydroxylation is 1. The molecule has 0 saturated heterocycles. The Morgan fingerprint density at radius 1 is 1.03 bits per heavy atom. The van der Waals surface area contributed by atoms with E-state index in [0.717, 1.165) is 33.2 Å². The lowest BCUT2D eigenvalue weighted by Gasteiger charge is -2.12. The van der Waals surface area contributed by atoms with E-state index in [1.54, 1.807) is 24.3 Å². The van der Waals surface area contributed by atoms with Crippen molar-refractivity contribution >= 4 is 40.2 Å². The third kappa shape index (κ3) is 4.76. The molecule has 31 heavy (non-hydrogen) atoms. The van der Waals surface area contributed by atoms with E-state index in [2.05, 4.69) is 4.99 Å². The Labute approximate surface area is 185 Å². The number of carbonyl (C=O) groups is 1. The summed E-state index contributed by atoms with van der Waals surface area (Å²) in [7, 11) is 0. The van der Waals surface area contributed by atoms with Crippen LogP contribution in [0.2, 0.25) is 5.02 Å². The molecule has 4 rings (SSSR count). The maximum absolute atomic E-state index is 11.0. The summed E-state index contributed by atoms with van der Waals surface area (Å²) in [5, 5.41) is 11.8. The molecule has 4 nitrogen and oxygen atoms in total. The van der Waals surface area contributed by atoms with Gasteiger partial charge in [-0.25, -0.2) is 4.79 Å². The van der Waals surface area contributed by atoms with Crippen LogP contribution in [0.4, 0.5) is 5.69 Å². The maximum Gasteiger partial charge on any atom is 0.335 e. The Morgan fingerprint density at radius 2 is 1.81 bits per heavy atom. The van der Waals surface area contributed by atoms with Crippen LogP contribution in [0.5, 0.6) is 5.75 Å². The summed E-state index contributed by atoms with van der Waals surface area (Å²) in [5.41, 5.74) is 3.84. The second kappa shape index (κ2) is 9.02. The summed E-state index contributed by atoms with van der Waals surface area (Å²) in [6.07, 6.45) is 1.81. The molecule has 0 heterocycles. The molecule has 0 aliphatic rings. The van der Waals surface area contributed by atoms with Gasteiger partial charge in [0.2, 0.25) is 0 Å². The SMILES string of the molecule is Cc1ccc(Cl)cc1N=Cc1c(OCc2ccc(C(=O)O)cc2)ccc2ccccc12. The van der Waals surface area contributed by atoms with E-state index in [1.807, 2.05) is 67.7 Å². The first-order valence-electron chi connectivity index (χ1n) is 9.78. The van der Waals surface area contributed by atoms with Gasteiger partial charge in [0.25, 0.3) is 0 Å². The van der Waals surface area contributed by atoms with Gasteiger partial charge in [-0.05, 0) is 59.2 Å². The molecule has 0 aliphatic heterocycles. The third-order valence-corrected chi connectivity index (χ3v) is 5.26. The Hall–Kier alpha value is -3.63. The second-order valence-electron chi connectivity index (χ2n) is 7.18. The topological polar surface area (TPSA) is 58.9 Å². The first kappa shape index (κ1) is 20.6. The van der Waals surface area contributed by atoms with Gasteiger partial charge in [-0.3, -0.25) is 4.99 Å². The van der Waals surface area contributed by atoms with Crippen LogP contribution < -0.4 is 4.74 Å². The van der Waals surface area contributed by atoms with Gasteiger partial charge in [0.05, 0.1) is 11.3 Å². The normalized spacial score (nSPS) is 11.2. The van der Waals surface area contributed by atoms with Gasteiger partial charge in [-0.2, -0.15) is 0 Å². The number of nitrogens with zero attached hydrogens (tertiary/aromatic N) is 1. The van der Waals surface area contributed by atoms with Crippen LogP contribution in [0.25, 0.3) is 10.8 Å². The Balaban J connectivity index is 1.67. The van der Waals surface area contributed by atoms with Gasteiger partial charge in [-0.1, -0.05) is 60.1 Å². The van der Waals surface area contributed by atoms with Crippen molar-refractivity contribution in [2.45, 2.75) is 13.5 Å². The third-order valence-electron chi connectivity index (χ3n) is 5.03. The second-order valence-corrected chi connectivity index (χ2v) is 7.61. The number of aliphatic imine (C=N–C) groups is 1. The van der Waals surface area contributed by atoms with Crippen molar-refractivity contribution in [2.24, 2.45) is 4.99 Å². The highest BCUT2D eigenvalue weighted by Gasteiger charge is 2.09. The summed E-state index contributed by atoms with van der Waals surface area (Å²) < 4.78 is 6.11. The Morgan fingerprint density at radius 3 is 2.58 bits per heavy atom. The van der Waals surface area contributed by atoms with Gasteiger partial charge in [0.1, 0.15) is 12.4 Å². The minimum absolute atomic E-state index is 0.249. The molecule has 0 aromatic heterocycles. The number of carboxylic acids is 1. The highest BCUT2D eigenvalue weighted by Crippen LogP contribution is 2.29. The molecule has 0 aliphatic carbocycles. The van der Waals surface area contributed by atoms with E-state index >= 15 is 0 Å². The summed E-state index contributed by atoms with van der Waals surface area (Å²) in [6, 6.07) is 24.3. The quantitative estimate of drug-likeness (QED) is 0.342. The Bertz CT molecular complexity index is 1280. The van der Waals surface area contributed by atoms with Crippen molar-refractivity contribution in [1.82, 2.24) is 0 Å². The molecule has 5 heteroatoms. The molecule has 0 fully saturated rings. The Kier molecular flexibility index (Phi) is 6.01. The zero-order chi connectivity index (χ0) is 21.8. The lowest BCUT2D eigenvalue weighted by atomic mass is 10.0. The van der Waals surface area contributed by atoms with Crippen LogP contribution in [-0.2, 0) is 6.61 Å². The fourth-order valence-corrected chi connectivity index (χ4v) is 3.46. The number of hydrogen-bond acceptors (Lipinski definition) is 3. The van der Waals surface area contributed by atoms with Crippen molar-refractivity contribution in [3.8, 4) is 5.75 Å². The molecule has 0 spiro atoms. The zero-order valence-electron chi connectivity index (χ0n) is 16.9. The molecule has 0 atom stereocenters. The largest absolute Gasteiger partial charge is 0.488 e. The molecule has 0 radical (unpaired) electrons. The van der Waals surface area contributed by atoms with E-state index < -0.39 is 5.97 Å². The van der Waals surface area contributed by atoms with Crippen LogP contribution in [-0.4, -0.2) is 17.3 Å². The highest BCUT2D eigenvalue weighted by atomic mass is 35.5. The lowest BCUT2D eigenvalue weighted by molar-refractivity contribution is 0.0697. The van der Waals surface area contributed by atoms with Gasteiger partial charge in [0.15, 0.2) is 0 Å². The van der Waals surface area contributed by atoms with Crippen molar-refractivity contribution in [3.05, 3.63) is 106 Å². The van der Waals surface area contributed by atoms with Crippen LogP contribution in [0.15, 0.2) is 83.9 Å². The number of carboxylic acid groups (broad SMARTS) is 1. The summed E-state index contributed by atoms with van der Waals surface area (Å²) in [4.78, 5) is 15.7. The van der Waals surface area contributed by atoms with Crippen molar-refractivity contribution in [1.29, 1.82) is 0 Å². The van der Waals surface area contributed by atoms with E-state index in [9.17, 15) is 4.79 Å². The summed E-state index contributed by atoms with van der Waals surface area (Å²) in [6.45, 7) is 2.31. The first-order valence-corrected chi connectivity index (χ1v) is 10.2. The van der Waals surface area contributed by atoms with E-state index in [0.29, 0.717) is 17.4 Å². The van der Waals surface area contributed by atoms with Gasteiger partial charge in [-0.15, -0.1) is 0 Å². The predicted molar refractivity (Wildman–Crippen MR) is 125 cm³/mol. The van der Waals surface area contributed by atoms with Gasteiger partial charge >= 0.3 is 5.97 Å². The average Bonchev–Trinajstić information content (AvgIpc) is 2.78. The molecule has 4 aromatic carbocycles. The molecule has 1 N–H and O–H groups in total. The lowest BCUT2D eigenvalue weighted by Crippen LogP contribution is -2.01. The smallest absolute Gasteiger partial charge is 0.335 e. The van der Waals surface area contributed by atoms with E-state index in [4.69, 9.17) is 21.4 Å². The van der Waals surface area contributed by atoms with Crippen LogP contribution in [0, 0.1) is 6.92 Å². The highest BCUT2D eigenvalue weighted by molar-refractivity contribution is 6.30. The average molecular weight is 430 g/mol. The van der Waals surface area contributed by atoms with Crippen LogP contribution in [0.3, 0.4) is 0 Å². The zero-order valence-corrected chi connectivity index (χ0v) is 17.6.